The number of rotatable bonds is 6. The molecule has 0 saturated carbocycles. The first-order valence-electron chi connectivity index (χ1n) is 11.0. The fourth-order valence-corrected chi connectivity index (χ4v) is 5.18. The molecular formula is C27H22N2O6S. The molecule has 1 saturated heterocycles. The molecule has 9 heteroatoms. The summed E-state index contributed by atoms with van der Waals surface area (Å²) in [7, 11) is 4.67. The second kappa shape index (κ2) is 9.35. The van der Waals surface area contributed by atoms with Gasteiger partial charge < -0.3 is 19.3 Å². The van der Waals surface area contributed by atoms with Gasteiger partial charge in [0.2, 0.25) is 0 Å². The van der Waals surface area contributed by atoms with Crippen molar-refractivity contribution in [2.24, 2.45) is 0 Å². The Morgan fingerprint density at radius 3 is 2.06 bits per heavy atom. The molecule has 1 aliphatic heterocycles. The van der Waals surface area contributed by atoms with Crippen LogP contribution in [0, 0.1) is 0 Å². The van der Waals surface area contributed by atoms with Crippen molar-refractivity contribution in [3.8, 4) is 17.2 Å². The number of methoxy groups -OCH3 is 3. The summed E-state index contributed by atoms with van der Waals surface area (Å²) in [5.74, 6) is 0.0486. The number of aliphatic hydroxyl groups excluding tert-OH is 1. The second-order valence-corrected chi connectivity index (χ2v) is 9.01. The van der Waals surface area contributed by atoms with E-state index in [1.165, 1.54) is 23.3 Å². The molecule has 0 spiro atoms. The van der Waals surface area contributed by atoms with Crippen molar-refractivity contribution in [1.29, 1.82) is 0 Å². The summed E-state index contributed by atoms with van der Waals surface area (Å²) >= 11 is 1.27. The van der Waals surface area contributed by atoms with E-state index in [0.717, 1.165) is 4.70 Å². The van der Waals surface area contributed by atoms with Crippen LogP contribution in [0.4, 0.5) is 5.13 Å². The van der Waals surface area contributed by atoms with Gasteiger partial charge in [0.1, 0.15) is 23.0 Å². The number of ether oxygens (including phenoxy) is 3. The molecule has 1 N–H and O–H groups in total. The second-order valence-electron chi connectivity index (χ2n) is 8.00. The highest BCUT2D eigenvalue weighted by Crippen LogP contribution is 2.45. The van der Waals surface area contributed by atoms with Crippen LogP contribution in [0.3, 0.4) is 0 Å². The molecule has 8 nitrogen and oxygen atoms in total. The summed E-state index contributed by atoms with van der Waals surface area (Å²) in [4.78, 5) is 32.7. The van der Waals surface area contributed by atoms with Gasteiger partial charge in [0.05, 0.1) is 43.2 Å². The number of benzene rings is 3. The van der Waals surface area contributed by atoms with Crippen LogP contribution >= 0.6 is 11.3 Å². The zero-order valence-corrected chi connectivity index (χ0v) is 20.5. The predicted molar refractivity (Wildman–Crippen MR) is 137 cm³/mol. The monoisotopic (exact) mass is 502 g/mol. The molecule has 1 fully saturated rings. The summed E-state index contributed by atoms with van der Waals surface area (Å²) in [5.41, 5.74) is 1.66. The van der Waals surface area contributed by atoms with Gasteiger partial charge in [-0.1, -0.05) is 23.5 Å². The molecule has 2 heterocycles. The maximum atomic E-state index is 13.4. The van der Waals surface area contributed by atoms with Crippen molar-refractivity contribution in [1.82, 2.24) is 4.98 Å². The van der Waals surface area contributed by atoms with Gasteiger partial charge in [0, 0.05) is 5.56 Å². The number of Topliss-reactive ketones (excluding diaryl/α,β-unsaturated/α-hetero) is 1. The van der Waals surface area contributed by atoms with Crippen molar-refractivity contribution in [2.75, 3.05) is 26.2 Å². The lowest BCUT2D eigenvalue weighted by atomic mass is 9.95. The Hall–Kier alpha value is -4.37. The zero-order valence-electron chi connectivity index (χ0n) is 19.7. The number of anilines is 1. The lowest BCUT2D eigenvalue weighted by Gasteiger charge is -2.23. The Morgan fingerprint density at radius 1 is 0.861 bits per heavy atom. The third-order valence-corrected chi connectivity index (χ3v) is 7.05. The Labute approximate surface area is 211 Å². The molecular weight excluding hydrogens is 480 g/mol. The normalized spacial score (nSPS) is 17.0. The number of hydrogen-bond donors (Lipinski definition) is 1. The third-order valence-electron chi connectivity index (χ3n) is 6.03. The molecule has 182 valence electrons. The van der Waals surface area contributed by atoms with Crippen LogP contribution < -0.4 is 19.1 Å². The number of hydrogen-bond acceptors (Lipinski definition) is 8. The Bertz CT molecular complexity index is 1490. The average molecular weight is 503 g/mol. The fourth-order valence-electron chi connectivity index (χ4n) is 4.16. The van der Waals surface area contributed by atoms with Gasteiger partial charge in [-0.15, -0.1) is 0 Å². The van der Waals surface area contributed by atoms with E-state index in [1.54, 1.807) is 74.9 Å². The van der Waals surface area contributed by atoms with Gasteiger partial charge in [-0.2, -0.15) is 0 Å². The van der Waals surface area contributed by atoms with Crippen molar-refractivity contribution in [3.63, 3.8) is 0 Å². The van der Waals surface area contributed by atoms with Crippen LogP contribution in [0.5, 0.6) is 17.2 Å². The van der Waals surface area contributed by atoms with Gasteiger partial charge in [-0.25, -0.2) is 4.98 Å². The fraction of sp³-hybridized carbons (Fsp3) is 0.148. The first-order valence-corrected chi connectivity index (χ1v) is 11.8. The lowest BCUT2D eigenvalue weighted by molar-refractivity contribution is -0.132. The minimum Gasteiger partial charge on any atom is -0.507 e. The van der Waals surface area contributed by atoms with Crippen LogP contribution in [-0.2, 0) is 9.59 Å². The van der Waals surface area contributed by atoms with E-state index in [4.69, 9.17) is 14.2 Å². The van der Waals surface area contributed by atoms with Crippen molar-refractivity contribution in [3.05, 3.63) is 83.4 Å². The first kappa shape index (κ1) is 23.4. The van der Waals surface area contributed by atoms with Crippen LogP contribution in [0.2, 0.25) is 0 Å². The van der Waals surface area contributed by atoms with Crippen molar-refractivity contribution < 1.29 is 28.9 Å². The Kier molecular flexibility index (Phi) is 6.07. The highest BCUT2D eigenvalue weighted by atomic mass is 32.1. The quantitative estimate of drug-likeness (QED) is 0.226. The van der Waals surface area contributed by atoms with Crippen molar-refractivity contribution in [2.45, 2.75) is 6.04 Å². The van der Waals surface area contributed by atoms with E-state index in [2.05, 4.69) is 4.98 Å². The smallest absolute Gasteiger partial charge is 0.301 e. The number of nitrogens with zero attached hydrogens (tertiary/aromatic N) is 2. The molecule has 1 aromatic heterocycles. The molecule has 0 bridgehead atoms. The average Bonchev–Trinajstić information content (AvgIpc) is 3.45. The lowest BCUT2D eigenvalue weighted by Crippen LogP contribution is -2.29. The number of thiazole rings is 1. The molecule has 5 rings (SSSR count). The molecule has 0 aliphatic carbocycles. The minimum absolute atomic E-state index is 0.0211. The van der Waals surface area contributed by atoms with Gasteiger partial charge >= 0.3 is 5.91 Å². The van der Waals surface area contributed by atoms with Crippen LogP contribution in [0.1, 0.15) is 17.2 Å². The molecule has 36 heavy (non-hydrogen) atoms. The number of fused-ring (bicyclic) bond motifs is 1. The summed E-state index contributed by atoms with van der Waals surface area (Å²) in [6.45, 7) is 0. The van der Waals surface area contributed by atoms with E-state index in [-0.39, 0.29) is 11.3 Å². The molecule has 1 amide bonds. The topological polar surface area (TPSA) is 98.2 Å². The van der Waals surface area contributed by atoms with E-state index in [0.29, 0.717) is 39.0 Å². The number of aromatic nitrogens is 1. The number of carbonyl (C=O) groups excluding carboxylic acids is 2. The summed E-state index contributed by atoms with van der Waals surface area (Å²) in [6, 6.07) is 18.1. The van der Waals surface area contributed by atoms with E-state index in [9.17, 15) is 14.7 Å². The van der Waals surface area contributed by atoms with Crippen LogP contribution in [0.15, 0.2) is 72.3 Å². The summed E-state index contributed by atoms with van der Waals surface area (Å²) < 4.78 is 16.6. The number of carbonyl (C=O) groups is 2. The van der Waals surface area contributed by atoms with Gasteiger partial charge in [-0.3, -0.25) is 14.5 Å². The van der Waals surface area contributed by atoms with Crippen LogP contribution in [-0.4, -0.2) is 43.1 Å². The third kappa shape index (κ3) is 3.93. The van der Waals surface area contributed by atoms with Gasteiger partial charge in [-0.05, 0) is 60.2 Å². The Morgan fingerprint density at radius 2 is 1.44 bits per heavy atom. The summed E-state index contributed by atoms with van der Waals surface area (Å²) in [5, 5.41) is 11.6. The number of ketones is 1. The largest absolute Gasteiger partial charge is 0.507 e. The molecule has 4 aromatic rings. The number of amides is 1. The highest BCUT2D eigenvalue weighted by Gasteiger charge is 2.48. The minimum atomic E-state index is -0.888. The highest BCUT2D eigenvalue weighted by molar-refractivity contribution is 7.22. The molecule has 1 aliphatic rings. The predicted octanol–water partition coefficient (Wildman–Crippen LogP) is 4.95. The number of aliphatic hydroxyl groups is 1. The molecule has 0 unspecified atom stereocenters. The van der Waals surface area contributed by atoms with E-state index >= 15 is 0 Å². The van der Waals surface area contributed by atoms with Crippen LogP contribution in [0.25, 0.3) is 16.0 Å². The molecule has 3 aromatic carbocycles. The zero-order chi connectivity index (χ0) is 25.4. The SMILES string of the molecule is COc1ccc(C(O)=C2C(=O)C(=O)N(c3nc4ccc(OC)cc4s3)[C@@H]2c2ccc(OC)cc2)cc1. The first-order chi connectivity index (χ1) is 17.4. The van der Waals surface area contributed by atoms with Gasteiger partial charge in [0.15, 0.2) is 5.13 Å². The standard InChI is InChI=1S/C27H22N2O6S/c1-33-17-8-4-15(5-9-17)23-22(24(30)16-6-10-18(34-2)11-7-16)25(31)26(32)29(23)27-28-20-13-12-19(35-3)14-21(20)36-27/h4-14,23,30H,1-3H3/t23-/m1/s1. The Balaban J connectivity index is 1.69. The molecule has 1 atom stereocenters. The van der Waals surface area contributed by atoms with Gasteiger partial charge in [0.25, 0.3) is 5.78 Å². The maximum absolute atomic E-state index is 13.4. The maximum Gasteiger partial charge on any atom is 0.301 e. The van der Waals surface area contributed by atoms with E-state index < -0.39 is 17.7 Å². The van der Waals surface area contributed by atoms with E-state index in [1.807, 2.05) is 6.07 Å². The summed E-state index contributed by atoms with van der Waals surface area (Å²) in [6.07, 6.45) is 0. The molecule has 0 radical (unpaired) electrons. The van der Waals surface area contributed by atoms with Crippen molar-refractivity contribution >= 4 is 44.1 Å².